The maximum absolute atomic E-state index is 5.20. The average Bonchev–Trinajstić information content (AvgIpc) is 3.17. The van der Waals surface area contributed by atoms with Crippen molar-refractivity contribution in [3.8, 4) is 5.88 Å². The number of rotatable bonds is 5. The number of hydrogen-bond acceptors (Lipinski definition) is 6. The van der Waals surface area contributed by atoms with Gasteiger partial charge in [0.2, 0.25) is 11.8 Å². The predicted molar refractivity (Wildman–Crippen MR) is 98.3 cm³/mol. The van der Waals surface area contributed by atoms with Gasteiger partial charge >= 0.3 is 0 Å². The molecule has 0 spiro atoms. The zero-order chi connectivity index (χ0) is 17.8. The van der Waals surface area contributed by atoms with Crippen molar-refractivity contribution >= 4 is 5.95 Å². The second-order valence-corrected chi connectivity index (χ2v) is 6.39. The normalized spacial score (nSPS) is 15.2. The summed E-state index contributed by atoms with van der Waals surface area (Å²) in [5, 5.41) is 0. The molecule has 0 amide bonds. The Morgan fingerprint density at radius 2 is 1.92 bits per heavy atom. The highest BCUT2D eigenvalue weighted by atomic mass is 16.5. The molecule has 4 rings (SSSR count). The molecule has 7 nitrogen and oxygen atoms in total. The molecular formula is C19H22N6O. The second kappa shape index (κ2) is 7.51. The Labute approximate surface area is 152 Å². The van der Waals surface area contributed by atoms with Crippen molar-refractivity contribution in [3.05, 3.63) is 60.6 Å². The van der Waals surface area contributed by atoms with Crippen LogP contribution < -0.4 is 9.64 Å². The van der Waals surface area contributed by atoms with Crippen LogP contribution in [0.5, 0.6) is 5.88 Å². The molecule has 4 heterocycles. The summed E-state index contributed by atoms with van der Waals surface area (Å²) in [4.78, 5) is 20.1. The maximum atomic E-state index is 5.20. The molecule has 0 unspecified atom stereocenters. The number of imidazole rings is 1. The number of aromatic nitrogens is 5. The Balaban J connectivity index is 1.43. The van der Waals surface area contributed by atoms with E-state index in [0.717, 1.165) is 49.9 Å². The van der Waals surface area contributed by atoms with Crippen LogP contribution in [-0.2, 0) is 6.54 Å². The third-order valence-corrected chi connectivity index (χ3v) is 4.78. The quantitative estimate of drug-likeness (QED) is 0.704. The van der Waals surface area contributed by atoms with E-state index < -0.39 is 0 Å². The molecule has 1 saturated heterocycles. The molecule has 3 aromatic heterocycles. The van der Waals surface area contributed by atoms with Gasteiger partial charge in [-0.3, -0.25) is 4.98 Å². The molecule has 26 heavy (non-hydrogen) atoms. The van der Waals surface area contributed by atoms with Crippen LogP contribution in [0.15, 0.2) is 49.1 Å². The van der Waals surface area contributed by atoms with Gasteiger partial charge in [0.05, 0.1) is 19.3 Å². The molecule has 3 aromatic rings. The molecule has 0 atom stereocenters. The third kappa shape index (κ3) is 3.51. The number of ether oxygens (including phenoxy) is 1. The molecule has 0 aromatic carbocycles. The molecule has 1 aliphatic heterocycles. The minimum atomic E-state index is 0.440. The van der Waals surface area contributed by atoms with E-state index in [1.807, 2.05) is 36.8 Å². The number of pyridine rings is 1. The lowest BCUT2D eigenvalue weighted by atomic mass is 9.96. The van der Waals surface area contributed by atoms with Gasteiger partial charge in [-0.25, -0.2) is 9.97 Å². The number of nitrogens with zero attached hydrogens (tertiary/aromatic N) is 6. The summed E-state index contributed by atoms with van der Waals surface area (Å²) in [5.41, 5.74) is 1.05. The van der Waals surface area contributed by atoms with Gasteiger partial charge in [-0.05, 0) is 25.0 Å². The molecule has 1 aliphatic rings. The van der Waals surface area contributed by atoms with E-state index in [1.165, 1.54) is 0 Å². The summed E-state index contributed by atoms with van der Waals surface area (Å²) in [6, 6.07) is 7.78. The van der Waals surface area contributed by atoms with Gasteiger partial charge in [-0.2, -0.15) is 4.98 Å². The lowest BCUT2D eigenvalue weighted by molar-refractivity contribution is 0.395. The zero-order valence-electron chi connectivity index (χ0n) is 14.8. The Morgan fingerprint density at radius 3 is 2.69 bits per heavy atom. The molecular weight excluding hydrogens is 328 g/mol. The van der Waals surface area contributed by atoms with E-state index in [1.54, 1.807) is 19.4 Å². The second-order valence-electron chi connectivity index (χ2n) is 6.39. The van der Waals surface area contributed by atoms with Gasteiger partial charge in [-0.15, -0.1) is 0 Å². The molecule has 0 N–H and O–H groups in total. The lowest BCUT2D eigenvalue weighted by Crippen LogP contribution is -2.35. The molecule has 7 heteroatoms. The van der Waals surface area contributed by atoms with Gasteiger partial charge in [0, 0.05) is 49.9 Å². The minimum Gasteiger partial charge on any atom is -0.481 e. The predicted octanol–water partition coefficient (Wildman–Crippen LogP) is 2.51. The van der Waals surface area contributed by atoms with Crippen molar-refractivity contribution in [2.24, 2.45) is 0 Å². The Bertz CT molecular complexity index is 842. The van der Waals surface area contributed by atoms with Gasteiger partial charge < -0.3 is 14.2 Å². The molecule has 0 bridgehead atoms. The van der Waals surface area contributed by atoms with E-state index in [9.17, 15) is 0 Å². The Kier molecular flexibility index (Phi) is 4.77. The first kappa shape index (κ1) is 16.5. The van der Waals surface area contributed by atoms with E-state index in [4.69, 9.17) is 4.74 Å². The number of hydrogen-bond donors (Lipinski definition) is 0. The first-order chi connectivity index (χ1) is 12.8. The summed E-state index contributed by atoms with van der Waals surface area (Å²) >= 11 is 0. The molecule has 1 fully saturated rings. The minimum absolute atomic E-state index is 0.440. The number of methoxy groups -OCH3 is 1. The number of piperidine rings is 1. The van der Waals surface area contributed by atoms with Gasteiger partial charge in [0.1, 0.15) is 5.82 Å². The van der Waals surface area contributed by atoms with E-state index in [2.05, 4.69) is 29.4 Å². The van der Waals surface area contributed by atoms with Gasteiger partial charge in [0.15, 0.2) is 0 Å². The van der Waals surface area contributed by atoms with Crippen molar-refractivity contribution in [1.82, 2.24) is 24.5 Å². The van der Waals surface area contributed by atoms with Crippen LogP contribution in [0.3, 0.4) is 0 Å². The Hall–Kier alpha value is -2.96. The summed E-state index contributed by atoms with van der Waals surface area (Å²) in [7, 11) is 1.62. The van der Waals surface area contributed by atoms with Crippen LogP contribution in [0, 0.1) is 0 Å². The monoisotopic (exact) mass is 350 g/mol. The largest absolute Gasteiger partial charge is 0.481 e. The third-order valence-electron chi connectivity index (χ3n) is 4.78. The van der Waals surface area contributed by atoms with Crippen LogP contribution in [-0.4, -0.2) is 44.7 Å². The lowest BCUT2D eigenvalue weighted by Gasteiger charge is -2.31. The summed E-state index contributed by atoms with van der Waals surface area (Å²) in [5.74, 6) is 2.92. The van der Waals surface area contributed by atoms with Crippen LogP contribution in [0.2, 0.25) is 0 Å². The van der Waals surface area contributed by atoms with Crippen molar-refractivity contribution in [1.29, 1.82) is 0 Å². The summed E-state index contributed by atoms with van der Waals surface area (Å²) in [6.07, 6.45) is 9.56. The molecule has 134 valence electrons. The van der Waals surface area contributed by atoms with E-state index >= 15 is 0 Å². The summed E-state index contributed by atoms with van der Waals surface area (Å²) in [6.45, 7) is 2.58. The van der Waals surface area contributed by atoms with Crippen molar-refractivity contribution in [2.75, 3.05) is 25.1 Å². The van der Waals surface area contributed by atoms with Gasteiger partial charge in [0.25, 0.3) is 0 Å². The Morgan fingerprint density at radius 1 is 1.04 bits per heavy atom. The summed E-state index contributed by atoms with van der Waals surface area (Å²) < 4.78 is 7.41. The smallest absolute Gasteiger partial charge is 0.228 e. The van der Waals surface area contributed by atoms with Crippen molar-refractivity contribution in [3.63, 3.8) is 0 Å². The topological polar surface area (TPSA) is 69.0 Å². The highest BCUT2D eigenvalue weighted by Crippen LogP contribution is 2.29. The van der Waals surface area contributed by atoms with Crippen molar-refractivity contribution < 1.29 is 4.74 Å². The number of anilines is 1. The van der Waals surface area contributed by atoms with E-state index in [0.29, 0.717) is 11.8 Å². The first-order valence-electron chi connectivity index (χ1n) is 8.86. The molecule has 0 saturated carbocycles. The average molecular weight is 350 g/mol. The van der Waals surface area contributed by atoms with Crippen molar-refractivity contribution in [2.45, 2.75) is 25.3 Å². The van der Waals surface area contributed by atoms with Crippen LogP contribution in [0.1, 0.15) is 30.3 Å². The van der Waals surface area contributed by atoms with Crippen LogP contribution >= 0.6 is 0 Å². The maximum Gasteiger partial charge on any atom is 0.228 e. The SMILES string of the molecule is COc1ccnc(N2CCC(c3nccn3Cc3ccccn3)CC2)n1. The molecule has 0 radical (unpaired) electrons. The fourth-order valence-corrected chi connectivity index (χ4v) is 3.42. The molecule has 0 aliphatic carbocycles. The van der Waals surface area contributed by atoms with Gasteiger partial charge in [-0.1, -0.05) is 6.07 Å². The highest BCUT2D eigenvalue weighted by Gasteiger charge is 2.25. The van der Waals surface area contributed by atoms with Crippen LogP contribution in [0.25, 0.3) is 0 Å². The highest BCUT2D eigenvalue weighted by molar-refractivity contribution is 5.33. The zero-order valence-corrected chi connectivity index (χ0v) is 14.8. The standard InChI is InChI=1S/C19H22N6O/c1-26-17-5-9-22-19(23-17)24-11-6-15(7-12-24)18-21-10-13-25(18)14-16-4-2-3-8-20-16/h2-5,8-10,13,15H,6-7,11-12,14H2,1H3. The fourth-order valence-electron chi connectivity index (χ4n) is 3.42. The first-order valence-corrected chi connectivity index (χ1v) is 8.86. The van der Waals surface area contributed by atoms with E-state index in [-0.39, 0.29) is 0 Å². The fraction of sp³-hybridized carbons (Fsp3) is 0.368. The van der Waals surface area contributed by atoms with Crippen LogP contribution in [0.4, 0.5) is 5.95 Å².